The van der Waals surface area contributed by atoms with Gasteiger partial charge in [-0.15, -0.1) is 10.2 Å². The average molecular weight is 374 g/mol. The van der Waals surface area contributed by atoms with Crippen LogP contribution in [-0.4, -0.2) is 36.9 Å². The van der Waals surface area contributed by atoms with Crippen LogP contribution in [-0.2, 0) is 11.3 Å². The first-order valence-electron chi connectivity index (χ1n) is 9.40. The van der Waals surface area contributed by atoms with E-state index in [1.54, 1.807) is 12.4 Å². The highest BCUT2D eigenvalue weighted by atomic mass is 32.2. The van der Waals surface area contributed by atoms with Gasteiger partial charge in [0.25, 0.3) is 0 Å². The third-order valence-corrected chi connectivity index (χ3v) is 6.14. The number of carbonyl (C=O) groups is 1. The monoisotopic (exact) mass is 373 g/mol. The number of amides is 1. The lowest BCUT2D eigenvalue weighted by atomic mass is 9.86. The number of rotatable bonds is 6. The van der Waals surface area contributed by atoms with Crippen LogP contribution in [0.5, 0.6) is 0 Å². The second-order valence-electron chi connectivity index (χ2n) is 6.92. The van der Waals surface area contributed by atoms with Gasteiger partial charge in [0.1, 0.15) is 0 Å². The molecule has 0 aromatic carbocycles. The van der Waals surface area contributed by atoms with Gasteiger partial charge in [-0.25, -0.2) is 0 Å². The van der Waals surface area contributed by atoms with Gasteiger partial charge in [0, 0.05) is 30.5 Å². The molecule has 3 atom stereocenters. The van der Waals surface area contributed by atoms with E-state index < -0.39 is 0 Å². The van der Waals surface area contributed by atoms with E-state index in [9.17, 15) is 4.79 Å². The van der Waals surface area contributed by atoms with Crippen molar-refractivity contribution < 1.29 is 4.79 Å². The number of carbonyl (C=O) groups excluding carboxylic acids is 1. The lowest BCUT2D eigenvalue weighted by Crippen LogP contribution is -2.44. The topological polar surface area (TPSA) is 72.7 Å². The van der Waals surface area contributed by atoms with E-state index in [1.807, 2.05) is 23.6 Å². The molecule has 1 amide bonds. The number of thioether (sulfide) groups is 1. The first kappa shape index (κ1) is 18.9. The third kappa shape index (κ3) is 4.26. The summed E-state index contributed by atoms with van der Waals surface area (Å²) >= 11 is 1.47. The first-order chi connectivity index (χ1) is 12.6. The Bertz CT molecular complexity index is 733. The smallest absolute Gasteiger partial charge is 0.233 e. The molecular weight excluding hydrogens is 346 g/mol. The van der Waals surface area contributed by atoms with Crippen molar-refractivity contribution >= 4 is 17.7 Å². The highest BCUT2D eigenvalue weighted by molar-refractivity contribution is 8.00. The molecule has 3 unspecified atom stereocenters. The zero-order valence-corrected chi connectivity index (χ0v) is 16.5. The van der Waals surface area contributed by atoms with Gasteiger partial charge in [-0.05, 0) is 44.7 Å². The minimum Gasteiger partial charge on any atom is -0.352 e. The molecule has 140 valence electrons. The number of nitrogens with zero attached hydrogens (tertiary/aromatic N) is 4. The standard InChI is InChI=1S/C19H27N5OS/c1-4-24-17(15-9-11-20-12-10-15)22-23-19(24)26-14(3)18(25)21-16-8-6-5-7-13(16)2/h9-14,16H,4-8H2,1-3H3,(H,21,25). The molecule has 2 heterocycles. The van der Waals surface area contributed by atoms with E-state index in [1.165, 1.54) is 31.0 Å². The van der Waals surface area contributed by atoms with Crippen molar-refractivity contribution in [3.8, 4) is 11.4 Å². The molecule has 0 aliphatic heterocycles. The number of nitrogens with one attached hydrogen (secondary N) is 1. The van der Waals surface area contributed by atoms with Gasteiger partial charge in [0.2, 0.25) is 5.91 Å². The minimum absolute atomic E-state index is 0.0878. The fourth-order valence-corrected chi connectivity index (χ4v) is 4.34. The van der Waals surface area contributed by atoms with Crippen LogP contribution in [0.15, 0.2) is 29.7 Å². The van der Waals surface area contributed by atoms with Crippen LogP contribution in [0.25, 0.3) is 11.4 Å². The Morgan fingerprint density at radius 2 is 2.04 bits per heavy atom. The van der Waals surface area contributed by atoms with Crippen LogP contribution >= 0.6 is 11.8 Å². The number of pyridine rings is 1. The summed E-state index contributed by atoms with van der Waals surface area (Å²) in [4.78, 5) is 16.7. The predicted molar refractivity (Wildman–Crippen MR) is 104 cm³/mol. The molecule has 1 aliphatic rings. The zero-order valence-electron chi connectivity index (χ0n) is 15.7. The highest BCUT2D eigenvalue weighted by Crippen LogP contribution is 2.28. The molecule has 6 nitrogen and oxygen atoms in total. The molecule has 26 heavy (non-hydrogen) atoms. The molecule has 0 saturated heterocycles. The summed E-state index contributed by atoms with van der Waals surface area (Å²) in [6.45, 7) is 6.98. The van der Waals surface area contributed by atoms with Crippen molar-refractivity contribution in [2.24, 2.45) is 5.92 Å². The molecule has 1 aliphatic carbocycles. The second kappa shape index (κ2) is 8.66. The zero-order chi connectivity index (χ0) is 18.5. The Hall–Kier alpha value is -1.89. The van der Waals surface area contributed by atoms with E-state index in [2.05, 4.69) is 34.3 Å². The molecule has 1 N–H and O–H groups in total. The van der Waals surface area contributed by atoms with Gasteiger partial charge >= 0.3 is 0 Å². The molecule has 0 spiro atoms. The SMILES string of the molecule is CCn1c(SC(C)C(=O)NC2CCCCC2C)nnc1-c1ccncc1. The Labute approximate surface area is 159 Å². The average Bonchev–Trinajstić information content (AvgIpc) is 3.06. The van der Waals surface area contributed by atoms with Crippen molar-refractivity contribution in [1.82, 2.24) is 25.1 Å². The Balaban J connectivity index is 1.68. The van der Waals surface area contributed by atoms with E-state index >= 15 is 0 Å². The summed E-state index contributed by atoms with van der Waals surface area (Å²) in [6.07, 6.45) is 8.26. The Morgan fingerprint density at radius 3 is 2.73 bits per heavy atom. The summed E-state index contributed by atoms with van der Waals surface area (Å²) in [6, 6.07) is 4.15. The van der Waals surface area contributed by atoms with Gasteiger partial charge in [-0.1, -0.05) is 31.5 Å². The van der Waals surface area contributed by atoms with Crippen LogP contribution in [0.2, 0.25) is 0 Å². The van der Waals surface area contributed by atoms with Crippen molar-refractivity contribution in [2.45, 2.75) is 69.4 Å². The molecule has 7 heteroatoms. The Morgan fingerprint density at radius 1 is 1.31 bits per heavy atom. The summed E-state index contributed by atoms with van der Waals surface area (Å²) in [5, 5.41) is 12.5. The number of hydrogen-bond acceptors (Lipinski definition) is 5. The number of hydrogen-bond donors (Lipinski definition) is 1. The summed E-state index contributed by atoms with van der Waals surface area (Å²) < 4.78 is 2.05. The van der Waals surface area contributed by atoms with Crippen LogP contribution in [0.4, 0.5) is 0 Å². The molecule has 3 rings (SSSR count). The van der Waals surface area contributed by atoms with Gasteiger partial charge in [0.15, 0.2) is 11.0 Å². The fraction of sp³-hybridized carbons (Fsp3) is 0.579. The van der Waals surface area contributed by atoms with E-state index in [4.69, 9.17) is 0 Å². The van der Waals surface area contributed by atoms with Gasteiger partial charge in [-0.3, -0.25) is 9.78 Å². The van der Waals surface area contributed by atoms with Crippen LogP contribution in [0.3, 0.4) is 0 Å². The van der Waals surface area contributed by atoms with E-state index in [0.29, 0.717) is 12.0 Å². The molecular formula is C19H27N5OS. The maximum absolute atomic E-state index is 12.6. The van der Waals surface area contributed by atoms with Crippen LogP contribution in [0, 0.1) is 5.92 Å². The molecule has 2 aromatic rings. The molecule has 0 bridgehead atoms. The molecule has 0 radical (unpaired) electrons. The van der Waals surface area contributed by atoms with E-state index in [0.717, 1.165) is 29.5 Å². The van der Waals surface area contributed by atoms with Gasteiger partial charge < -0.3 is 9.88 Å². The maximum Gasteiger partial charge on any atom is 0.233 e. The third-order valence-electron chi connectivity index (χ3n) is 5.06. The van der Waals surface area contributed by atoms with Gasteiger partial charge in [-0.2, -0.15) is 0 Å². The quantitative estimate of drug-likeness (QED) is 0.784. The normalized spacial score (nSPS) is 21.3. The lowest BCUT2D eigenvalue weighted by Gasteiger charge is -2.30. The van der Waals surface area contributed by atoms with Crippen molar-refractivity contribution in [2.75, 3.05) is 0 Å². The van der Waals surface area contributed by atoms with Crippen LogP contribution < -0.4 is 5.32 Å². The summed E-state index contributed by atoms with van der Waals surface area (Å²) in [5.41, 5.74) is 0.981. The molecule has 1 saturated carbocycles. The van der Waals surface area contributed by atoms with Crippen molar-refractivity contribution in [1.29, 1.82) is 0 Å². The summed E-state index contributed by atoms with van der Waals surface area (Å²) in [5.74, 6) is 1.46. The molecule has 2 aromatic heterocycles. The van der Waals surface area contributed by atoms with Crippen LogP contribution in [0.1, 0.15) is 46.5 Å². The predicted octanol–water partition coefficient (Wildman–Crippen LogP) is 3.54. The highest BCUT2D eigenvalue weighted by Gasteiger charge is 2.26. The van der Waals surface area contributed by atoms with Crippen molar-refractivity contribution in [3.05, 3.63) is 24.5 Å². The van der Waals surface area contributed by atoms with Crippen molar-refractivity contribution in [3.63, 3.8) is 0 Å². The molecule has 1 fully saturated rings. The lowest BCUT2D eigenvalue weighted by molar-refractivity contribution is -0.121. The number of aromatic nitrogens is 4. The van der Waals surface area contributed by atoms with E-state index in [-0.39, 0.29) is 11.2 Å². The fourth-order valence-electron chi connectivity index (χ4n) is 3.42. The minimum atomic E-state index is -0.205. The Kier molecular flexibility index (Phi) is 6.29. The first-order valence-corrected chi connectivity index (χ1v) is 10.3. The summed E-state index contributed by atoms with van der Waals surface area (Å²) in [7, 11) is 0. The largest absolute Gasteiger partial charge is 0.352 e. The van der Waals surface area contributed by atoms with Gasteiger partial charge in [0.05, 0.1) is 5.25 Å². The maximum atomic E-state index is 12.6. The second-order valence-corrected chi connectivity index (χ2v) is 8.23.